The number of rotatable bonds is 5. The van der Waals surface area contributed by atoms with Crippen molar-refractivity contribution in [1.29, 1.82) is 0 Å². The molecule has 1 fully saturated rings. The van der Waals surface area contributed by atoms with Crippen molar-refractivity contribution in [1.82, 2.24) is 19.7 Å². The summed E-state index contributed by atoms with van der Waals surface area (Å²) in [4.78, 5) is 30.4. The third-order valence-corrected chi connectivity index (χ3v) is 4.75. The normalized spacial score (nSPS) is 13.5. The van der Waals surface area contributed by atoms with E-state index < -0.39 is 5.97 Å². The van der Waals surface area contributed by atoms with Gasteiger partial charge in [0, 0.05) is 18.7 Å². The number of carbonyl (C=O) groups excluding carboxylic acids is 2. The highest BCUT2D eigenvalue weighted by Crippen LogP contribution is 2.15. The zero-order valence-electron chi connectivity index (χ0n) is 15.3. The van der Waals surface area contributed by atoms with Crippen LogP contribution in [-0.4, -0.2) is 44.6 Å². The SMILES string of the molecule is O=C(OCc1ccc(C(=O)N2CCCC2)cc1)c1ccc(-n2cncn2)cc1. The van der Waals surface area contributed by atoms with Gasteiger partial charge in [0.15, 0.2) is 0 Å². The van der Waals surface area contributed by atoms with Gasteiger partial charge >= 0.3 is 5.97 Å². The Morgan fingerprint density at radius 3 is 2.25 bits per heavy atom. The number of esters is 1. The van der Waals surface area contributed by atoms with Crippen molar-refractivity contribution in [2.45, 2.75) is 19.4 Å². The molecule has 0 bridgehead atoms. The van der Waals surface area contributed by atoms with Gasteiger partial charge in [-0.1, -0.05) is 12.1 Å². The van der Waals surface area contributed by atoms with E-state index in [1.54, 1.807) is 47.4 Å². The lowest BCUT2D eigenvalue weighted by Crippen LogP contribution is -2.27. The molecule has 2 heterocycles. The number of benzene rings is 2. The molecule has 0 unspecified atom stereocenters. The number of amides is 1. The second-order valence-electron chi connectivity index (χ2n) is 6.66. The van der Waals surface area contributed by atoms with Gasteiger partial charge in [-0.15, -0.1) is 0 Å². The number of hydrogen-bond acceptors (Lipinski definition) is 5. The summed E-state index contributed by atoms with van der Waals surface area (Å²) >= 11 is 0. The Labute approximate surface area is 162 Å². The van der Waals surface area contributed by atoms with E-state index in [1.165, 1.54) is 6.33 Å². The third-order valence-electron chi connectivity index (χ3n) is 4.75. The molecule has 1 aliphatic rings. The Morgan fingerprint density at radius 1 is 0.929 bits per heavy atom. The van der Waals surface area contributed by atoms with E-state index in [2.05, 4.69) is 10.1 Å². The highest BCUT2D eigenvalue weighted by atomic mass is 16.5. The summed E-state index contributed by atoms with van der Waals surface area (Å²) in [6.07, 6.45) is 5.18. The van der Waals surface area contributed by atoms with Gasteiger partial charge in [-0.05, 0) is 54.8 Å². The molecule has 1 aliphatic heterocycles. The Kier molecular flexibility index (Phi) is 5.14. The van der Waals surface area contributed by atoms with E-state index in [-0.39, 0.29) is 12.5 Å². The largest absolute Gasteiger partial charge is 0.457 e. The monoisotopic (exact) mass is 376 g/mol. The van der Waals surface area contributed by atoms with Crippen LogP contribution in [0.4, 0.5) is 0 Å². The van der Waals surface area contributed by atoms with Crippen LogP contribution in [0, 0.1) is 0 Å². The van der Waals surface area contributed by atoms with Crippen LogP contribution < -0.4 is 0 Å². The number of carbonyl (C=O) groups is 2. The van der Waals surface area contributed by atoms with Crippen molar-refractivity contribution >= 4 is 11.9 Å². The van der Waals surface area contributed by atoms with Crippen LogP contribution in [0.3, 0.4) is 0 Å². The summed E-state index contributed by atoms with van der Waals surface area (Å²) in [5.74, 6) is -0.337. The zero-order valence-corrected chi connectivity index (χ0v) is 15.3. The molecule has 28 heavy (non-hydrogen) atoms. The number of hydrogen-bond donors (Lipinski definition) is 0. The number of nitrogens with zero attached hydrogens (tertiary/aromatic N) is 4. The molecular formula is C21H20N4O3. The summed E-state index contributed by atoms with van der Waals surface area (Å²) in [5.41, 5.74) is 2.78. The lowest BCUT2D eigenvalue weighted by molar-refractivity contribution is 0.0472. The average Bonchev–Trinajstić information content (AvgIpc) is 3.46. The van der Waals surface area contributed by atoms with Crippen molar-refractivity contribution < 1.29 is 14.3 Å². The van der Waals surface area contributed by atoms with Crippen molar-refractivity contribution in [2.24, 2.45) is 0 Å². The summed E-state index contributed by atoms with van der Waals surface area (Å²) in [6, 6.07) is 14.2. The van der Waals surface area contributed by atoms with Crippen LogP contribution in [0.2, 0.25) is 0 Å². The zero-order chi connectivity index (χ0) is 19.3. The van der Waals surface area contributed by atoms with Crippen LogP contribution >= 0.6 is 0 Å². The second-order valence-corrected chi connectivity index (χ2v) is 6.66. The molecule has 7 heteroatoms. The molecular weight excluding hydrogens is 356 g/mol. The van der Waals surface area contributed by atoms with Gasteiger partial charge in [0.1, 0.15) is 19.3 Å². The minimum absolute atomic E-state index is 0.0634. The first-order valence-corrected chi connectivity index (χ1v) is 9.21. The van der Waals surface area contributed by atoms with E-state index in [9.17, 15) is 9.59 Å². The molecule has 1 aromatic heterocycles. The molecule has 0 aliphatic carbocycles. The Morgan fingerprint density at radius 2 is 1.61 bits per heavy atom. The molecule has 142 valence electrons. The number of likely N-dealkylation sites (tertiary alicyclic amines) is 1. The summed E-state index contributed by atoms with van der Waals surface area (Å²) in [6.45, 7) is 1.81. The Hall–Kier alpha value is -3.48. The highest BCUT2D eigenvalue weighted by Gasteiger charge is 2.19. The van der Waals surface area contributed by atoms with Crippen molar-refractivity contribution in [3.05, 3.63) is 77.9 Å². The number of aromatic nitrogens is 3. The third kappa shape index (κ3) is 3.93. The van der Waals surface area contributed by atoms with Crippen molar-refractivity contribution in [2.75, 3.05) is 13.1 Å². The first-order chi connectivity index (χ1) is 13.7. The maximum Gasteiger partial charge on any atom is 0.338 e. The van der Waals surface area contributed by atoms with Gasteiger partial charge in [0.05, 0.1) is 11.3 Å². The summed E-state index contributed by atoms with van der Waals surface area (Å²) in [7, 11) is 0. The van der Waals surface area contributed by atoms with E-state index in [0.29, 0.717) is 11.1 Å². The fourth-order valence-electron chi connectivity index (χ4n) is 3.17. The predicted molar refractivity (Wildman–Crippen MR) is 102 cm³/mol. The first kappa shape index (κ1) is 17.9. The molecule has 0 spiro atoms. The van der Waals surface area contributed by atoms with Gasteiger partial charge < -0.3 is 9.64 Å². The standard InChI is InChI=1S/C21H20N4O3/c26-20(24-11-1-2-12-24)17-5-3-16(4-6-17)13-28-21(27)18-7-9-19(10-8-18)25-15-22-14-23-25/h3-10,14-15H,1-2,11-13H2. The second kappa shape index (κ2) is 8.04. The van der Waals surface area contributed by atoms with Crippen LogP contribution in [0.25, 0.3) is 5.69 Å². The fourth-order valence-corrected chi connectivity index (χ4v) is 3.17. The maximum atomic E-state index is 12.4. The Bertz CT molecular complexity index is 944. The van der Waals surface area contributed by atoms with E-state index >= 15 is 0 Å². The molecule has 3 aromatic rings. The molecule has 1 amide bonds. The predicted octanol–water partition coefficient (Wildman–Crippen LogP) is 2.86. The minimum Gasteiger partial charge on any atom is -0.457 e. The molecule has 1 saturated heterocycles. The topological polar surface area (TPSA) is 77.3 Å². The lowest BCUT2D eigenvalue weighted by Gasteiger charge is -2.15. The molecule has 7 nitrogen and oxygen atoms in total. The van der Waals surface area contributed by atoms with Crippen LogP contribution in [0.5, 0.6) is 0 Å². The smallest absolute Gasteiger partial charge is 0.338 e. The van der Waals surface area contributed by atoms with Crippen LogP contribution in [0.1, 0.15) is 39.1 Å². The van der Waals surface area contributed by atoms with E-state index in [4.69, 9.17) is 4.74 Å². The highest BCUT2D eigenvalue weighted by molar-refractivity contribution is 5.94. The fraction of sp³-hybridized carbons (Fsp3) is 0.238. The molecule has 0 radical (unpaired) electrons. The van der Waals surface area contributed by atoms with Crippen LogP contribution in [-0.2, 0) is 11.3 Å². The maximum absolute atomic E-state index is 12.4. The van der Waals surface area contributed by atoms with Crippen LogP contribution in [0.15, 0.2) is 61.2 Å². The first-order valence-electron chi connectivity index (χ1n) is 9.21. The Balaban J connectivity index is 1.33. The summed E-state index contributed by atoms with van der Waals surface area (Å²) in [5, 5.41) is 4.04. The van der Waals surface area contributed by atoms with E-state index in [0.717, 1.165) is 37.2 Å². The van der Waals surface area contributed by atoms with Crippen molar-refractivity contribution in [3.63, 3.8) is 0 Å². The number of ether oxygens (including phenoxy) is 1. The lowest BCUT2D eigenvalue weighted by atomic mass is 10.1. The van der Waals surface area contributed by atoms with Gasteiger partial charge in [-0.2, -0.15) is 5.10 Å². The molecule has 0 N–H and O–H groups in total. The van der Waals surface area contributed by atoms with Gasteiger partial charge in [0.2, 0.25) is 0 Å². The molecule has 4 rings (SSSR count). The molecule has 0 atom stereocenters. The van der Waals surface area contributed by atoms with Gasteiger partial charge in [0.25, 0.3) is 5.91 Å². The van der Waals surface area contributed by atoms with E-state index in [1.807, 2.05) is 17.0 Å². The average molecular weight is 376 g/mol. The molecule has 2 aromatic carbocycles. The van der Waals surface area contributed by atoms with Gasteiger partial charge in [-0.25, -0.2) is 14.5 Å². The summed E-state index contributed by atoms with van der Waals surface area (Å²) < 4.78 is 6.99. The van der Waals surface area contributed by atoms with Crippen molar-refractivity contribution in [3.8, 4) is 5.69 Å². The minimum atomic E-state index is -0.401. The molecule has 0 saturated carbocycles. The quantitative estimate of drug-likeness (QED) is 0.640. The van der Waals surface area contributed by atoms with Gasteiger partial charge in [-0.3, -0.25) is 4.79 Å².